The first-order chi connectivity index (χ1) is 11.3. The van der Waals surface area contributed by atoms with E-state index in [0.717, 1.165) is 43.0 Å². The Morgan fingerprint density at radius 1 is 1.13 bits per heavy atom. The fourth-order valence-electron chi connectivity index (χ4n) is 3.24. The minimum absolute atomic E-state index is 0.189. The summed E-state index contributed by atoms with van der Waals surface area (Å²) < 4.78 is 21.7. The van der Waals surface area contributed by atoms with Gasteiger partial charge in [-0.2, -0.15) is 0 Å². The highest BCUT2D eigenvalue weighted by molar-refractivity contribution is 5.71. The zero-order chi connectivity index (χ0) is 15.6. The fraction of sp³-hybridized carbons (Fsp3) is 0.333. The molecule has 4 rings (SSSR count). The third-order valence-electron chi connectivity index (χ3n) is 4.38. The Morgan fingerprint density at radius 3 is 2.78 bits per heavy atom. The zero-order valence-electron chi connectivity index (χ0n) is 12.8. The Kier molecular flexibility index (Phi) is 3.79. The Hall–Kier alpha value is -2.27. The van der Waals surface area contributed by atoms with E-state index >= 15 is 0 Å². The van der Waals surface area contributed by atoms with Gasteiger partial charge in [0.2, 0.25) is 0 Å². The van der Waals surface area contributed by atoms with Crippen molar-refractivity contribution < 1.29 is 9.13 Å². The average Bonchev–Trinajstić information content (AvgIpc) is 2.95. The molecule has 0 spiro atoms. The van der Waals surface area contributed by atoms with Gasteiger partial charge in [-0.3, -0.25) is 0 Å². The first-order valence-electron chi connectivity index (χ1n) is 7.96. The van der Waals surface area contributed by atoms with Crippen molar-refractivity contribution in [1.29, 1.82) is 0 Å². The molecule has 0 aliphatic carbocycles. The van der Waals surface area contributed by atoms with Gasteiger partial charge in [-0.1, -0.05) is 18.2 Å². The first kappa shape index (κ1) is 14.3. The summed E-state index contributed by atoms with van der Waals surface area (Å²) in [6.07, 6.45) is 4.13. The molecule has 3 aromatic rings. The topological polar surface area (TPSA) is 39.9 Å². The van der Waals surface area contributed by atoms with E-state index in [4.69, 9.17) is 9.72 Å². The van der Waals surface area contributed by atoms with E-state index in [9.17, 15) is 4.39 Å². The van der Waals surface area contributed by atoms with Crippen molar-refractivity contribution in [2.75, 3.05) is 13.2 Å². The summed E-state index contributed by atoms with van der Waals surface area (Å²) in [5.74, 6) is 0.682. The van der Waals surface area contributed by atoms with Crippen molar-refractivity contribution >= 4 is 11.2 Å². The number of fused-ring (bicyclic) bond motifs is 1. The minimum Gasteiger partial charge on any atom is -0.381 e. The molecular weight excluding hydrogens is 293 g/mol. The fourth-order valence-corrected chi connectivity index (χ4v) is 3.24. The van der Waals surface area contributed by atoms with Crippen LogP contribution in [0.1, 0.15) is 30.3 Å². The number of nitrogens with zero attached hydrogens (tertiary/aromatic N) is 3. The van der Waals surface area contributed by atoms with Gasteiger partial charge in [0.25, 0.3) is 0 Å². The number of halogens is 1. The summed E-state index contributed by atoms with van der Waals surface area (Å²) in [7, 11) is 0. The van der Waals surface area contributed by atoms with Crippen LogP contribution >= 0.6 is 0 Å². The number of aromatic nitrogens is 3. The molecule has 4 nitrogen and oxygen atoms in total. The maximum atomic E-state index is 14.0. The van der Waals surface area contributed by atoms with Gasteiger partial charge >= 0.3 is 0 Å². The molecule has 0 saturated carbocycles. The second-order valence-electron chi connectivity index (χ2n) is 5.86. The van der Waals surface area contributed by atoms with Gasteiger partial charge in [0.15, 0.2) is 5.65 Å². The molecule has 2 aromatic heterocycles. The molecule has 0 atom stereocenters. The third-order valence-corrected chi connectivity index (χ3v) is 4.38. The van der Waals surface area contributed by atoms with Gasteiger partial charge in [-0.25, -0.2) is 14.4 Å². The molecule has 3 heterocycles. The van der Waals surface area contributed by atoms with Crippen molar-refractivity contribution in [1.82, 2.24) is 14.5 Å². The summed E-state index contributed by atoms with van der Waals surface area (Å²) in [5.41, 5.74) is 2.41. The number of benzene rings is 1. The van der Waals surface area contributed by atoms with E-state index in [1.54, 1.807) is 12.3 Å². The van der Waals surface area contributed by atoms with Crippen molar-refractivity contribution in [3.05, 3.63) is 59.8 Å². The quantitative estimate of drug-likeness (QED) is 0.743. The van der Waals surface area contributed by atoms with E-state index in [0.29, 0.717) is 18.0 Å². The van der Waals surface area contributed by atoms with E-state index in [-0.39, 0.29) is 5.82 Å². The van der Waals surface area contributed by atoms with Gasteiger partial charge in [-0.05, 0) is 36.6 Å². The molecule has 0 radical (unpaired) electrons. The molecule has 0 amide bonds. The predicted octanol–water partition coefficient (Wildman–Crippen LogP) is 3.51. The third kappa shape index (κ3) is 2.72. The van der Waals surface area contributed by atoms with Gasteiger partial charge in [0.05, 0.1) is 0 Å². The van der Waals surface area contributed by atoms with Gasteiger partial charge in [0.1, 0.15) is 17.2 Å². The normalized spacial score (nSPS) is 16.0. The second kappa shape index (κ2) is 6.08. The van der Waals surface area contributed by atoms with Crippen LogP contribution in [0, 0.1) is 5.82 Å². The van der Waals surface area contributed by atoms with Crippen LogP contribution in [0.4, 0.5) is 4.39 Å². The highest BCUT2D eigenvalue weighted by Gasteiger charge is 2.22. The van der Waals surface area contributed by atoms with Gasteiger partial charge < -0.3 is 9.30 Å². The Bertz CT molecular complexity index is 824. The summed E-state index contributed by atoms with van der Waals surface area (Å²) in [6.45, 7) is 1.49. The van der Waals surface area contributed by atoms with Crippen LogP contribution in [0.2, 0.25) is 0 Å². The molecule has 5 heteroatoms. The van der Waals surface area contributed by atoms with Crippen LogP contribution in [-0.2, 0) is 11.2 Å². The molecule has 1 aromatic carbocycles. The number of hydrogen-bond donors (Lipinski definition) is 0. The molecular formula is C18H18FN3O. The smallest absolute Gasteiger partial charge is 0.160 e. The number of imidazole rings is 1. The highest BCUT2D eigenvalue weighted by Crippen LogP contribution is 2.28. The highest BCUT2D eigenvalue weighted by atomic mass is 19.1. The predicted molar refractivity (Wildman–Crippen MR) is 85.8 cm³/mol. The van der Waals surface area contributed by atoms with Crippen LogP contribution in [-0.4, -0.2) is 27.7 Å². The number of pyridine rings is 1. The van der Waals surface area contributed by atoms with Crippen molar-refractivity contribution in [3.8, 4) is 0 Å². The molecule has 1 fully saturated rings. The van der Waals surface area contributed by atoms with Crippen LogP contribution in [0.5, 0.6) is 0 Å². The molecule has 0 bridgehead atoms. The molecule has 1 saturated heterocycles. The number of rotatable bonds is 3. The lowest BCUT2D eigenvalue weighted by atomic mass is 10.1. The summed E-state index contributed by atoms with van der Waals surface area (Å²) in [6, 6.07) is 11.0. The zero-order valence-corrected chi connectivity index (χ0v) is 12.8. The number of ether oxygens (including phenoxy) is 1. The van der Waals surface area contributed by atoms with E-state index in [1.807, 2.05) is 24.3 Å². The van der Waals surface area contributed by atoms with Crippen LogP contribution < -0.4 is 0 Å². The standard InChI is InChI=1S/C18H18FN3O/c19-15-5-2-1-4-13(15)12-17-21-16-6-3-9-20-18(16)22(17)14-7-10-23-11-8-14/h1-6,9,14H,7-8,10-12H2. The Labute approximate surface area is 133 Å². The first-order valence-corrected chi connectivity index (χ1v) is 7.96. The second-order valence-corrected chi connectivity index (χ2v) is 5.86. The maximum Gasteiger partial charge on any atom is 0.160 e. The molecule has 1 aliphatic heterocycles. The maximum absolute atomic E-state index is 14.0. The largest absolute Gasteiger partial charge is 0.381 e. The SMILES string of the molecule is Fc1ccccc1Cc1nc2cccnc2n1C1CCOCC1. The van der Waals surface area contributed by atoms with Crippen molar-refractivity contribution in [2.45, 2.75) is 25.3 Å². The Balaban J connectivity index is 1.80. The Morgan fingerprint density at radius 2 is 1.96 bits per heavy atom. The van der Waals surface area contributed by atoms with E-state index in [2.05, 4.69) is 9.55 Å². The van der Waals surface area contributed by atoms with Gasteiger partial charge in [-0.15, -0.1) is 0 Å². The lowest BCUT2D eigenvalue weighted by Gasteiger charge is -2.25. The molecule has 1 aliphatic rings. The monoisotopic (exact) mass is 311 g/mol. The van der Waals surface area contributed by atoms with Gasteiger partial charge in [0, 0.05) is 31.9 Å². The van der Waals surface area contributed by atoms with Crippen molar-refractivity contribution in [3.63, 3.8) is 0 Å². The lowest BCUT2D eigenvalue weighted by Crippen LogP contribution is -2.21. The number of hydrogen-bond acceptors (Lipinski definition) is 3. The summed E-state index contributed by atoms with van der Waals surface area (Å²) in [5, 5.41) is 0. The lowest BCUT2D eigenvalue weighted by molar-refractivity contribution is 0.0698. The minimum atomic E-state index is -0.189. The van der Waals surface area contributed by atoms with E-state index in [1.165, 1.54) is 6.07 Å². The molecule has 118 valence electrons. The van der Waals surface area contributed by atoms with Crippen LogP contribution in [0.3, 0.4) is 0 Å². The van der Waals surface area contributed by atoms with E-state index < -0.39 is 0 Å². The molecule has 0 N–H and O–H groups in total. The molecule has 23 heavy (non-hydrogen) atoms. The average molecular weight is 311 g/mol. The van der Waals surface area contributed by atoms with Crippen molar-refractivity contribution in [2.24, 2.45) is 0 Å². The molecule has 0 unspecified atom stereocenters. The van der Waals surface area contributed by atoms with Crippen LogP contribution in [0.25, 0.3) is 11.2 Å². The summed E-state index contributed by atoms with van der Waals surface area (Å²) >= 11 is 0. The summed E-state index contributed by atoms with van der Waals surface area (Å²) in [4.78, 5) is 9.22. The van der Waals surface area contributed by atoms with Crippen LogP contribution in [0.15, 0.2) is 42.6 Å².